The van der Waals surface area contributed by atoms with Gasteiger partial charge in [-0.05, 0) is 47.6 Å². The fourth-order valence-electron chi connectivity index (χ4n) is 2.99. The third kappa shape index (κ3) is 5.67. The summed E-state index contributed by atoms with van der Waals surface area (Å²) in [6, 6.07) is -1.02. The van der Waals surface area contributed by atoms with Gasteiger partial charge in [0, 0.05) is 4.75 Å². The first-order valence-corrected chi connectivity index (χ1v) is 11.4. The number of hydrogen-bond donors (Lipinski definition) is 2. The van der Waals surface area contributed by atoms with Gasteiger partial charge in [0.1, 0.15) is 18.5 Å². The van der Waals surface area contributed by atoms with Gasteiger partial charge in [-0.25, -0.2) is 9.59 Å². The zero-order valence-corrected chi connectivity index (χ0v) is 20.5. The number of nitrogens with zero attached hydrogens (tertiary/aromatic N) is 2. The molecule has 3 atom stereocenters. The highest BCUT2D eigenvalue weighted by Gasteiger charge is 2.62. The molecule has 0 saturated carbocycles. The minimum Gasteiger partial charge on any atom is -0.481 e. The normalized spacial score (nSPS) is 24.8. The molecular weight excluding hydrogens is 456 g/mol. The number of ketones is 1. The van der Waals surface area contributed by atoms with Crippen molar-refractivity contribution >= 4 is 51.7 Å². The van der Waals surface area contributed by atoms with E-state index in [4.69, 9.17) is 9.84 Å². The lowest BCUT2D eigenvalue weighted by molar-refractivity contribution is -0.152. The molecule has 2 heterocycles. The van der Waals surface area contributed by atoms with E-state index in [2.05, 4.69) is 15.9 Å². The number of esters is 1. The Morgan fingerprint density at radius 3 is 2.15 bits per heavy atom. The van der Waals surface area contributed by atoms with Gasteiger partial charge >= 0.3 is 17.9 Å². The number of carbonyl (C=O) groups is 5. The largest absolute Gasteiger partial charge is 0.481 e. The van der Waals surface area contributed by atoms with Crippen LogP contribution in [0.15, 0.2) is 16.8 Å². The summed E-state index contributed by atoms with van der Waals surface area (Å²) >= 11 is 0. The van der Waals surface area contributed by atoms with E-state index in [1.165, 1.54) is 12.0 Å². The SMILES string of the molecule is C=S1[C@@H]2C(=CC(=O)C(=NOC)C(=O)OCC)C(=O)N2[C@@H](C(=O)O)C1(C)C.CC(C)(C)C(=O)O. The van der Waals surface area contributed by atoms with Crippen molar-refractivity contribution in [2.24, 2.45) is 10.6 Å². The molecule has 11 nitrogen and oxygen atoms in total. The number of rotatable bonds is 6. The van der Waals surface area contributed by atoms with E-state index in [1.54, 1.807) is 41.5 Å². The average Bonchev–Trinajstić information content (AvgIpc) is 2.87. The van der Waals surface area contributed by atoms with Crippen molar-refractivity contribution in [1.82, 2.24) is 4.90 Å². The van der Waals surface area contributed by atoms with Crippen molar-refractivity contribution in [1.29, 1.82) is 0 Å². The molecule has 2 N–H and O–H groups in total. The molecular formula is C21H30N2O9S. The third-order valence-electron chi connectivity index (χ3n) is 4.93. The molecule has 0 aliphatic carbocycles. The number of carbonyl (C=O) groups excluding carboxylic acids is 3. The van der Waals surface area contributed by atoms with Crippen LogP contribution in [-0.2, 0) is 33.5 Å². The number of carboxylic acid groups (broad SMARTS) is 2. The Bertz CT molecular complexity index is 944. The van der Waals surface area contributed by atoms with Gasteiger partial charge in [-0.1, -0.05) is 11.0 Å². The molecule has 1 amide bonds. The van der Waals surface area contributed by atoms with E-state index in [9.17, 15) is 29.1 Å². The van der Waals surface area contributed by atoms with Crippen molar-refractivity contribution in [3.63, 3.8) is 0 Å². The van der Waals surface area contributed by atoms with Crippen molar-refractivity contribution < 1.29 is 43.8 Å². The maximum Gasteiger partial charge on any atom is 0.364 e. The minimum atomic E-state index is -1.12. The Morgan fingerprint density at radius 2 is 1.76 bits per heavy atom. The molecule has 33 heavy (non-hydrogen) atoms. The summed E-state index contributed by atoms with van der Waals surface area (Å²) in [7, 11) is 0.413. The first-order valence-electron chi connectivity index (χ1n) is 9.89. The van der Waals surface area contributed by atoms with E-state index >= 15 is 0 Å². The van der Waals surface area contributed by atoms with Gasteiger partial charge in [-0.15, -0.1) is 0 Å². The topological polar surface area (TPSA) is 160 Å². The highest BCUT2D eigenvalue weighted by molar-refractivity contribution is 8.16. The summed E-state index contributed by atoms with van der Waals surface area (Å²) in [6.45, 7) is 10.0. The molecule has 12 heteroatoms. The number of β-lactam (4-membered cyclic amide) rings is 1. The number of ether oxygens (including phenoxy) is 1. The van der Waals surface area contributed by atoms with Crippen LogP contribution in [-0.4, -0.2) is 86.2 Å². The number of carboxylic acids is 2. The van der Waals surface area contributed by atoms with Gasteiger partial charge in [0.05, 0.1) is 17.6 Å². The second kappa shape index (κ2) is 10.3. The lowest BCUT2D eigenvalue weighted by atomic mass is 9.95. The van der Waals surface area contributed by atoms with Crippen molar-refractivity contribution in [3.05, 3.63) is 11.6 Å². The van der Waals surface area contributed by atoms with Crippen LogP contribution in [0.25, 0.3) is 0 Å². The molecule has 2 fully saturated rings. The van der Waals surface area contributed by atoms with Crippen LogP contribution < -0.4 is 0 Å². The van der Waals surface area contributed by atoms with Crippen LogP contribution >= 0.6 is 10.5 Å². The lowest BCUT2D eigenvalue weighted by Gasteiger charge is -2.39. The van der Waals surface area contributed by atoms with Crippen LogP contribution in [0.3, 0.4) is 0 Å². The standard InChI is InChI=1S/C16H20N2O7S.C5H10O2/c1-6-25-15(23)10(17-24-4)9(19)7-8-12(20)18-11(14(21)22)16(2,3)26(5)13(8)18;1-5(2,3)4(6)7/h7,11,13H,5-6H2,1-4H3,(H,21,22);1-3H3,(H,6,7)/t11-,13+,26?;/m0./s1. The van der Waals surface area contributed by atoms with E-state index in [0.29, 0.717) is 0 Å². The quantitative estimate of drug-likeness (QED) is 0.107. The van der Waals surface area contributed by atoms with E-state index in [-0.39, 0.29) is 12.2 Å². The summed E-state index contributed by atoms with van der Waals surface area (Å²) in [5.41, 5.74) is -1.07. The van der Waals surface area contributed by atoms with E-state index in [0.717, 1.165) is 6.08 Å². The maximum absolute atomic E-state index is 12.4. The Labute approximate surface area is 194 Å². The van der Waals surface area contributed by atoms with Gasteiger partial charge < -0.3 is 24.7 Å². The smallest absolute Gasteiger partial charge is 0.364 e. The monoisotopic (exact) mass is 486 g/mol. The number of fused-ring (bicyclic) bond motifs is 1. The minimum absolute atomic E-state index is 0.0393. The summed E-state index contributed by atoms with van der Waals surface area (Å²) in [4.78, 5) is 64.0. The molecule has 2 aliphatic heterocycles. The van der Waals surface area contributed by atoms with Crippen LogP contribution in [0, 0.1) is 5.41 Å². The average molecular weight is 487 g/mol. The van der Waals surface area contributed by atoms with Gasteiger partial charge in [-0.3, -0.25) is 14.4 Å². The Balaban J connectivity index is 0.000000675. The number of hydrogen-bond acceptors (Lipinski definition) is 8. The van der Waals surface area contributed by atoms with Gasteiger partial charge in [0.2, 0.25) is 11.5 Å². The number of aliphatic carboxylic acids is 2. The second-order valence-electron chi connectivity index (χ2n) is 8.70. The zero-order valence-electron chi connectivity index (χ0n) is 19.7. The summed E-state index contributed by atoms with van der Waals surface area (Å²) in [6.07, 6.45) is 0.990. The fourth-order valence-corrected chi connectivity index (χ4v) is 5.03. The second-order valence-corrected chi connectivity index (χ2v) is 11.1. The maximum atomic E-state index is 12.4. The third-order valence-corrected chi connectivity index (χ3v) is 7.52. The zero-order chi connectivity index (χ0) is 25.9. The molecule has 1 unspecified atom stereocenters. The molecule has 2 rings (SSSR count). The van der Waals surface area contributed by atoms with Crippen molar-refractivity contribution in [3.8, 4) is 0 Å². The number of allylic oxidation sites excluding steroid dienone is 1. The number of amides is 1. The summed E-state index contributed by atoms with van der Waals surface area (Å²) < 4.78 is 3.99. The van der Waals surface area contributed by atoms with Crippen molar-refractivity contribution in [2.75, 3.05) is 13.7 Å². The fraction of sp³-hybridized carbons (Fsp3) is 0.571. The highest BCUT2D eigenvalue weighted by atomic mass is 32.2. The molecule has 0 bridgehead atoms. The molecule has 0 aromatic heterocycles. The van der Waals surface area contributed by atoms with Gasteiger partial charge in [-0.2, -0.15) is 10.5 Å². The molecule has 0 aromatic carbocycles. The molecule has 0 radical (unpaired) electrons. The Hall–Kier alpha value is -3.02. The van der Waals surface area contributed by atoms with Gasteiger partial charge in [0.25, 0.3) is 5.91 Å². The highest BCUT2D eigenvalue weighted by Crippen LogP contribution is 2.56. The first-order chi connectivity index (χ1) is 15.0. The Kier molecular flexibility index (Phi) is 8.73. The summed E-state index contributed by atoms with van der Waals surface area (Å²) in [5, 5.41) is 20.5. The molecule has 2 saturated heterocycles. The van der Waals surface area contributed by atoms with Crippen molar-refractivity contribution in [2.45, 2.75) is 57.7 Å². The predicted octanol–water partition coefficient (Wildman–Crippen LogP) is 1.28. The van der Waals surface area contributed by atoms with E-state index < -0.39 is 67.4 Å². The van der Waals surface area contributed by atoms with Crippen LogP contribution in [0.1, 0.15) is 41.5 Å². The van der Waals surface area contributed by atoms with Gasteiger partial charge in [0.15, 0.2) is 0 Å². The van der Waals surface area contributed by atoms with Crippen LogP contribution in [0.5, 0.6) is 0 Å². The predicted molar refractivity (Wildman–Crippen MR) is 122 cm³/mol. The lowest BCUT2D eigenvalue weighted by Crippen LogP contribution is -2.58. The molecule has 184 valence electrons. The molecule has 0 aromatic rings. The Morgan fingerprint density at radius 1 is 1.24 bits per heavy atom. The van der Waals surface area contributed by atoms with Crippen LogP contribution in [0.2, 0.25) is 0 Å². The molecule has 0 spiro atoms. The summed E-state index contributed by atoms with van der Waals surface area (Å²) in [5.74, 6) is -0.243. The number of oxime groups is 1. The van der Waals surface area contributed by atoms with Crippen LogP contribution in [0.4, 0.5) is 0 Å². The van der Waals surface area contributed by atoms with E-state index in [1.807, 2.05) is 0 Å². The molecule has 2 aliphatic rings. The first kappa shape index (κ1) is 28.0.